The standard InChI is InChI=1S/C70H46GeN6/c1-3-25-48(26-4-1)71(49-27-5-2-6-28-49,77-65-44-21-15-38-59(65)70(60-39-16-22-45-66(60)77)57-36-13-7-30-51(57)52-31-8-14-37-58(52)70)50-29-23-24-47(46-50)67-72-68(75-61-40-17-9-32-53(61)54-33-10-18-41-62(54)75)74-69(73-67)76-63-42-19-11-34-55(63)56-35-12-20-43-64(56)76/h1-46H/i9D,10D,11D,12D,17D,18D,19D,20D,23D,24D,29D,32D,33D,34D,35D,40D,41D,42D,43D,46D. The van der Waals surface area contributed by atoms with E-state index < -0.39 is 207 Å². The van der Waals surface area contributed by atoms with Crippen LogP contribution in [0.5, 0.6) is 0 Å². The van der Waals surface area contributed by atoms with Crippen LogP contribution < -0.4 is 17.0 Å². The van der Waals surface area contributed by atoms with E-state index in [0.29, 0.717) is 20.2 Å². The van der Waals surface area contributed by atoms with Crippen molar-refractivity contribution < 1.29 is 27.4 Å². The molecule has 0 saturated heterocycles. The molecular formula is C70H46GeN6. The van der Waals surface area contributed by atoms with Gasteiger partial charge in [0.2, 0.25) is 0 Å². The van der Waals surface area contributed by atoms with Gasteiger partial charge in [0.15, 0.2) is 0 Å². The van der Waals surface area contributed by atoms with Crippen LogP contribution >= 0.6 is 0 Å². The number of rotatable bonds is 7. The molecule has 16 rings (SSSR count). The third-order valence-electron chi connectivity index (χ3n) is 15.1. The van der Waals surface area contributed by atoms with E-state index >= 15 is 0 Å². The van der Waals surface area contributed by atoms with Crippen LogP contribution in [0.25, 0.3) is 78.0 Å². The molecule has 0 radical (unpaired) electrons. The third kappa shape index (κ3) is 6.10. The number of anilines is 2. The maximum absolute atomic E-state index is 11.2. The van der Waals surface area contributed by atoms with Gasteiger partial charge in [0.05, 0.1) is 0 Å². The van der Waals surface area contributed by atoms with E-state index in [1.54, 1.807) is 0 Å². The summed E-state index contributed by atoms with van der Waals surface area (Å²) in [5, 5.41) is -1.59. The Balaban J connectivity index is 1.10. The average Bonchev–Trinajstić information content (AvgIpc) is 1.67. The predicted molar refractivity (Wildman–Crippen MR) is 317 cm³/mol. The molecule has 11 aromatic carbocycles. The van der Waals surface area contributed by atoms with Crippen molar-refractivity contribution in [2.45, 2.75) is 5.41 Å². The van der Waals surface area contributed by atoms with Gasteiger partial charge in [0.25, 0.3) is 0 Å². The summed E-state index contributed by atoms with van der Waals surface area (Å²) in [4.78, 5) is 14.9. The second-order valence-corrected chi connectivity index (χ2v) is 26.1. The Bertz CT molecular complexity index is 5420. The number of hydrogen-bond donors (Lipinski definition) is 0. The van der Waals surface area contributed by atoms with Crippen LogP contribution in [0, 0.1) is 0 Å². The summed E-state index contributed by atoms with van der Waals surface area (Å²) in [6, 6.07) is 36.6. The molecule has 77 heavy (non-hydrogen) atoms. The molecule has 1 aliphatic carbocycles. The molecule has 14 aromatic rings. The molecule has 0 atom stereocenters. The number of benzene rings is 11. The first-order valence-corrected chi connectivity index (χ1v) is 28.8. The summed E-state index contributed by atoms with van der Waals surface area (Å²) < 4.78 is 194. The molecule has 0 amide bonds. The van der Waals surface area contributed by atoms with E-state index in [9.17, 15) is 16.4 Å². The van der Waals surface area contributed by atoms with E-state index in [4.69, 9.17) is 25.9 Å². The Labute approximate surface area is 476 Å². The fourth-order valence-corrected chi connectivity index (χ4v) is 21.9. The maximum atomic E-state index is 11.2. The molecule has 0 bridgehead atoms. The molecular weight excluding hydrogens is 997 g/mol. The van der Waals surface area contributed by atoms with Crippen molar-refractivity contribution in [2.75, 3.05) is 3.86 Å². The topological polar surface area (TPSA) is 51.8 Å². The molecule has 7 heteroatoms. The van der Waals surface area contributed by atoms with Crippen LogP contribution in [0.3, 0.4) is 0 Å². The van der Waals surface area contributed by atoms with Crippen molar-refractivity contribution in [2.24, 2.45) is 0 Å². The van der Waals surface area contributed by atoms with Gasteiger partial charge >= 0.3 is 478 Å². The minimum atomic E-state index is -5.57. The Morgan fingerprint density at radius 2 is 0.740 bits per heavy atom. The van der Waals surface area contributed by atoms with E-state index in [2.05, 4.69) is 40.3 Å². The van der Waals surface area contributed by atoms with Gasteiger partial charge in [0.1, 0.15) is 0 Å². The first-order chi connectivity index (χ1) is 46.5. The van der Waals surface area contributed by atoms with Crippen molar-refractivity contribution in [1.82, 2.24) is 24.1 Å². The number of nitrogens with zero attached hydrogens (tertiary/aromatic N) is 6. The molecule has 6 nitrogen and oxygen atoms in total. The minimum absolute atomic E-state index is 0.00937. The van der Waals surface area contributed by atoms with Crippen molar-refractivity contribution in [3.63, 3.8) is 0 Å². The van der Waals surface area contributed by atoms with Crippen molar-refractivity contribution in [1.29, 1.82) is 0 Å². The predicted octanol–water partition coefficient (Wildman–Crippen LogP) is 14.2. The molecule has 1 spiro atoms. The van der Waals surface area contributed by atoms with Crippen molar-refractivity contribution in [3.05, 3.63) is 301 Å². The Morgan fingerprint density at radius 3 is 1.19 bits per heavy atom. The molecule has 0 N–H and O–H groups in total. The van der Waals surface area contributed by atoms with Crippen molar-refractivity contribution >= 4 is 81.7 Å². The molecule has 4 heterocycles. The molecule has 2 aliphatic rings. The Morgan fingerprint density at radius 1 is 0.351 bits per heavy atom. The average molecular weight is 1060 g/mol. The second kappa shape index (κ2) is 16.9. The SMILES string of the molecule is [2H]c1c([2H])c(-c2nc(-n3c4c([2H])c([2H])c([2H])c([2H])c4c4c([2H])c([2H])c([2H])c([2H])c43)nc(-n3c4c([2H])c([2H])c([2H])c([2H])c4c4c([2H])c([2H])c([2H])c([2H])c43)n2)c([2H])[c]([Ge]([c]2ccccc2)([c]2ccccc2)[N]2c3ccccc3C3(c4ccccc4-c4ccccc43)c3ccccc32)c1[2H]. The first-order valence-electron chi connectivity index (χ1n) is 34.7. The van der Waals surface area contributed by atoms with Crippen LogP contribution in [0.2, 0.25) is 0 Å². The zero-order chi connectivity index (χ0) is 68.1. The number of hydrogen-bond acceptors (Lipinski definition) is 4. The van der Waals surface area contributed by atoms with Gasteiger partial charge < -0.3 is 0 Å². The molecule has 0 unspecified atom stereocenters. The summed E-state index contributed by atoms with van der Waals surface area (Å²) >= 11 is -5.57. The van der Waals surface area contributed by atoms with Crippen LogP contribution in [0.4, 0.5) is 11.4 Å². The first kappa shape index (κ1) is 28.3. The van der Waals surface area contributed by atoms with Gasteiger partial charge in [-0.2, -0.15) is 0 Å². The van der Waals surface area contributed by atoms with E-state index in [0.717, 1.165) is 42.5 Å². The number of fused-ring (bicyclic) bond motifs is 15. The second-order valence-electron chi connectivity index (χ2n) is 18.7. The normalized spacial score (nSPS) is 16.9. The fraction of sp³-hybridized carbons (Fsp3) is 0.0143. The summed E-state index contributed by atoms with van der Waals surface area (Å²) in [6.07, 6.45) is 0. The number of para-hydroxylation sites is 6. The quantitative estimate of drug-likeness (QED) is 0.149. The molecule has 3 aromatic heterocycles. The summed E-state index contributed by atoms with van der Waals surface area (Å²) in [6.45, 7) is 0. The van der Waals surface area contributed by atoms with Gasteiger partial charge in [-0.1, -0.05) is 0 Å². The zero-order valence-corrected chi connectivity index (χ0v) is 42.3. The van der Waals surface area contributed by atoms with E-state index in [1.807, 2.05) is 121 Å². The molecule has 0 fully saturated rings. The Kier molecular flexibility index (Phi) is 6.23. The van der Waals surface area contributed by atoms with Gasteiger partial charge in [-0.15, -0.1) is 0 Å². The van der Waals surface area contributed by atoms with Crippen molar-refractivity contribution in [3.8, 4) is 34.4 Å². The van der Waals surface area contributed by atoms with Gasteiger partial charge in [-0.05, 0) is 0 Å². The third-order valence-corrected chi connectivity index (χ3v) is 24.4. The van der Waals surface area contributed by atoms with E-state index in [1.165, 1.54) is 0 Å². The zero-order valence-electron chi connectivity index (χ0n) is 60.2. The number of aromatic nitrogens is 5. The Hall–Kier alpha value is -9.63. The van der Waals surface area contributed by atoms with E-state index in [-0.39, 0.29) is 4.40 Å². The van der Waals surface area contributed by atoms with Crippen LogP contribution in [0.1, 0.15) is 49.7 Å². The van der Waals surface area contributed by atoms with Crippen LogP contribution in [-0.2, 0) is 5.41 Å². The molecule has 1 aliphatic heterocycles. The van der Waals surface area contributed by atoms with Gasteiger partial charge in [-0.3, -0.25) is 0 Å². The summed E-state index contributed by atoms with van der Waals surface area (Å²) in [5.41, 5.74) is 3.81. The van der Waals surface area contributed by atoms with Crippen LogP contribution in [-0.4, -0.2) is 37.6 Å². The fourth-order valence-electron chi connectivity index (χ4n) is 12.2. The molecule has 360 valence electrons. The van der Waals surface area contributed by atoms with Gasteiger partial charge in [-0.25, -0.2) is 0 Å². The summed E-state index contributed by atoms with van der Waals surface area (Å²) in [7, 11) is 0. The summed E-state index contributed by atoms with van der Waals surface area (Å²) in [5.74, 6) is -2.17. The molecule has 0 saturated carbocycles. The van der Waals surface area contributed by atoms with Gasteiger partial charge in [0, 0.05) is 0 Å². The monoisotopic (exact) mass is 1060 g/mol. The van der Waals surface area contributed by atoms with Crippen LogP contribution in [0.15, 0.2) is 279 Å².